The van der Waals surface area contributed by atoms with E-state index in [4.69, 9.17) is 0 Å². The number of fused-ring (bicyclic) bond motifs is 1. The maximum Gasteiger partial charge on any atom is 0.416 e. The van der Waals surface area contributed by atoms with Crippen LogP contribution < -0.4 is 16.0 Å². The summed E-state index contributed by atoms with van der Waals surface area (Å²) in [6.07, 6.45) is -2.31. The van der Waals surface area contributed by atoms with Crippen LogP contribution in [0.5, 0.6) is 0 Å². The SMILES string of the molecule is CNc1nc(NC2CCNCC2)c2sc(-c3ccc(C(F)(F)F)cc3)cc2n1. The van der Waals surface area contributed by atoms with Crippen LogP contribution in [0.25, 0.3) is 20.7 Å². The highest BCUT2D eigenvalue weighted by molar-refractivity contribution is 7.22. The number of rotatable bonds is 4. The first-order chi connectivity index (χ1) is 13.4. The maximum absolute atomic E-state index is 12.8. The fourth-order valence-electron chi connectivity index (χ4n) is 3.26. The molecule has 0 atom stereocenters. The molecular formula is C19H20F3N5S. The number of alkyl halides is 3. The zero-order valence-corrected chi connectivity index (χ0v) is 16.0. The van der Waals surface area contributed by atoms with Crippen molar-refractivity contribution >= 4 is 33.3 Å². The molecule has 0 unspecified atom stereocenters. The molecule has 0 saturated carbocycles. The fraction of sp³-hybridized carbons (Fsp3) is 0.368. The topological polar surface area (TPSA) is 61.9 Å². The average Bonchev–Trinajstić information content (AvgIpc) is 3.12. The molecule has 0 spiro atoms. The van der Waals surface area contributed by atoms with Gasteiger partial charge < -0.3 is 16.0 Å². The number of nitrogens with zero attached hydrogens (tertiary/aromatic N) is 2. The van der Waals surface area contributed by atoms with Crippen molar-refractivity contribution in [1.82, 2.24) is 15.3 Å². The Morgan fingerprint density at radius 3 is 2.46 bits per heavy atom. The average molecular weight is 407 g/mol. The van der Waals surface area contributed by atoms with Crippen LogP contribution in [0.2, 0.25) is 0 Å². The van der Waals surface area contributed by atoms with Crippen molar-refractivity contribution in [3.8, 4) is 10.4 Å². The van der Waals surface area contributed by atoms with Gasteiger partial charge in [-0.2, -0.15) is 18.2 Å². The van der Waals surface area contributed by atoms with Crippen LogP contribution >= 0.6 is 11.3 Å². The van der Waals surface area contributed by atoms with Crippen molar-refractivity contribution in [2.75, 3.05) is 30.8 Å². The molecule has 5 nitrogen and oxygen atoms in total. The molecule has 0 bridgehead atoms. The van der Waals surface area contributed by atoms with Gasteiger partial charge in [0, 0.05) is 18.0 Å². The first-order valence-electron chi connectivity index (χ1n) is 9.08. The lowest BCUT2D eigenvalue weighted by Crippen LogP contribution is -2.35. The van der Waals surface area contributed by atoms with Crippen molar-refractivity contribution in [3.05, 3.63) is 35.9 Å². The number of aromatic nitrogens is 2. The number of benzene rings is 1. The molecule has 9 heteroatoms. The number of thiophene rings is 1. The number of piperidine rings is 1. The molecule has 0 aliphatic carbocycles. The van der Waals surface area contributed by atoms with Gasteiger partial charge in [-0.1, -0.05) is 12.1 Å². The van der Waals surface area contributed by atoms with E-state index < -0.39 is 11.7 Å². The van der Waals surface area contributed by atoms with E-state index >= 15 is 0 Å². The number of hydrogen-bond acceptors (Lipinski definition) is 6. The van der Waals surface area contributed by atoms with Crippen LogP contribution in [0.15, 0.2) is 30.3 Å². The zero-order chi connectivity index (χ0) is 19.7. The lowest BCUT2D eigenvalue weighted by Gasteiger charge is -2.24. The quantitative estimate of drug-likeness (QED) is 0.591. The highest BCUT2D eigenvalue weighted by atomic mass is 32.1. The molecule has 148 valence electrons. The molecule has 3 aromatic rings. The van der Waals surface area contributed by atoms with Gasteiger partial charge in [-0.15, -0.1) is 11.3 Å². The Bertz CT molecular complexity index is 962. The van der Waals surface area contributed by atoms with Gasteiger partial charge in [0.15, 0.2) is 0 Å². The number of halogens is 3. The Kier molecular flexibility index (Phi) is 5.11. The lowest BCUT2D eigenvalue weighted by molar-refractivity contribution is -0.137. The summed E-state index contributed by atoms with van der Waals surface area (Å²) >= 11 is 1.49. The van der Waals surface area contributed by atoms with Crippen molar-refractivity contribution in [2.24, 2.45) is 0 Å². The Labute approximate surface area is 164 Å². The summed E-state index contributed by atoms with van der Waals surface area (Å²) in [5.74, 6) is 1.28. The van der Waals surface area contributed by atoms with Gasteiger partial charge >= 0.3 is 6.18 Å². The molecule has 1 fully saturated rings. The third-order valence-electron chi connectivity index (χ3n) is 4.77. The molecule has 2 aromatic heterocycles. The van der Waals surface area contributed by atoms with Gasteiger partial charge in [-0.25, -0.2) is 4.98 Å². The van der Waals surface area contributed by atoms with Crippen LogP contribution in [0.1, 0.15) is 18.4 Å². The lowest BCUT2D eigenvalue weighted by atomic mass is 10.1. The van der Waals surface area contributed by atoms with Gasteiger partial charge in [-0.05, 0) is 49.7 Å². The van der Waals surface area contributed by atoms with Gasteiger partial charge in [0.05, 0.1) is 15.8 Å². The van der Waals surface area contributed by atoms with Crippen LogP contribution in [0, 0.1) is 0 Å². The summed E-state index contributed by atoms with van der Waals surface area (Å²) in [6.45, 7) is 1.93. The van der Waals surface area contributed by atoms with Crippen LogP contribution in [-0.2, 0) is 6.18 Å². The second kappa shape index (κ2) is 7.56. The molecule has 1 aliphatic rings. The molecule has 3 N–H and O–H groups in total. The zero-order valence-electron chi connectivity index (χ0n) is 15.2. The first kappa shape index (κ1) is 18.9. The molecule has 0 radical (unpaired) electrons. The standard InChI is InChI=1S/C19H20F3N5S/c1-23-18-26-14-10-15(11-2-4-12(5-3-11)19(20,21)22)28-16(14)17(27-18)25-13-6-8-24-9-7-13/h2-5,10,13,24H,6-9H2,1H3,(H2,23,25,26,27). The van der Waals surface area contributed by atoms with Crippen molar-refractivity contribution in [1.29, 1.82) is 0 Å². The molecule has 0 amide bonds. The van der Waals surface area contributed by atoms with Gasteiger partial charge in [0.1, 0.15) is 5.82 Å². The van der Waals surface area contributed by atoms with E-state index in [1.54, 1.807) is 7.05 Å². The normalized spacial score (nSPS) is 15.7. The Morgan fingerprint density at radius 1 is 1.11 bits per heavy atom. The molecule has 1 aliphatic heterocycles. The predicted octanol–water partition coefficient (Wildman–Crippen LogP) is 4.58. The molecule has 1 saturated heterocycles. The van der Waals surface area contributed by atoms with E-state index in [0.29, 0.717) is 12.0 Å². The number of hydrogen-bond donors (Lipinski definition) is 3. The minimum atomic E-state index is -4.34. The Morgan fingerprint density at radius 2 is 1.82 bits per heavy atom. The van der Waals surface area contributed by atoms with E-state index in [1.165, 1.54) is 23.5 Å². The third-order valence-corrected chi connectivity index (χ3v) is 5.95. The summed E-state index contributed by atoms with van der Waals surface area (Å²) in [7, 11) is 1.76. The summed E-state index contributed by atoms with van der Waals surface area (Å²) in [4.78, 5) is 9.94. The summed E-state index contributed by atoms with van der Waals surface area (Å²) < 4.78 is 39.3. The molecular weight excluding hydrogens is 387 g/mol. The first-order valence-corrected chi connectivity index (χ1v) is 9.90. The van der Waals surface area contributed by atoms with Gasteiger partial charge in [-0.3, -0.25) is 0 Å². The third kappa shape index (κ3) is 3.90. The molecule has 28 heavy (non-hydrogen) atoms. The van der Waals surface area contributed by atoms with Crippen LogP contribution in [0.3, 0.4) is 0 Å². The van der Waals surface area contributed by atoms with E-state index in [1.807, 2.05) is 6.07 Å². The molecule has 3 heterocycles. The Hall–Kier alpha value is -2.39. The summed E-state index contributed by atoms with van der Waals surface area (Å²) in [5.41, 5.74) is 0.855. The van der Waals surface area contributed by atoms with Crippen molar-refractivity contribution in [2.45, 2.75) is 25.1 Å². The Balaban J connectivity index is 1.70. The predicted molar refractivity (Wildman–Crippen MR) is 107 cm³/mol. The van der Waals surface area contributed by atoms with E-state index in [2.05, 4.69) is 25.9 Å². The minimum absolute atomic E-state index is 0.334. The van der Waals surface area contributed by atoms with Crippen LogP contribution in [0.4, 0.5) is 24.9 Å². The largest absolute Gasteiger partial charge is 0.416 e. The van der Waals surface area contributed by atoms with Gasteiger partial charge in [0.25, 0.3) is 0 Å². The molecule has 1 aromatic carbocycles. The van der Waals surface area contributed by atoms with Crippen molar-refractivity contribution in [3.63, 3.8) is 0 Å². The highest BCUT2D eigenvalue weighted by Gasteiger charge is 2.30. The van der Waals surface area contributed by atoms with Crippen LogP contribution in [-0.4, -0.2) is 36.1 Å². The fourth-order valence-corrected chi connectivity index (χ4v) is 4.32. The van der Waals surface area contributed by atoms with E-state index in [-0.39, 0.29) is 0 Å². The minimum Gasteiger partial charge on any atom is -0.366 e. The maximum atomic E-state index is 12.8. The second-order valence-corrected chi connectivity index (χ2v) is 7.77. The summed E-state index contributed by atoms with van der Waals surface area (Å²) in [5, 5.41) is 9.84. The van der Waals surface area contributed by atoms with E-state index in [0.717, 1.165) is 64.5 Å². The monoisotopic (exact) mass is 407 g/mol. The highest BCUT2D eigenvalue weighted by Crippen LogP contribution is 2.38. The van der Waals surface area contributed by atoms with E-state index in [9.17, 15) is 13.2 Å². The smallest absolute Gasteiger partial charge is 0.366 e. The number of nitrogens with one attached hydrogen (secondary N) is 3. The summed E-state index contributed by atoms with van der Waals surface area (Å²) in [6, 6.07) is 7.45. The van der Waals surface area contributed by atoms with Gasteiger partial charge in [0.2, 0.25) is 5.95 Å². The number of anilines is 2. The molecule has 4 rings (SSSR count). The van der Waals surface area contributed by atoms with Crippen molar-refractivity contribution < 1.29 is 13.2 Å². The second-order valence-electron chi connectivity index (χ2n) is 6.71.